The summed E-state index contributed by atoms with van der Waals surface area (Å²) in [6.07, 6.45) is 0. The minimum atomic E-state index is -0.409. The number of ether oxygens (including phenoxy) is 3. The van der Waals surface area contributed by atoms with Crippen molar-refractivity contribution < 1.29 is 19.0 Å². The second kappa shape index (κ2) is 8.15. The van der Waals surface area contributed by atoms with Crippen molar-refractivity contribution >= 4 is 23.2 Å². The Morgan fingerprint density at radius 1 is 1.10 bits per heavy atom. The summed E-state index contributed by atoms with van der Waals surface area (Å²) in [7, 11) is 4.43. The van der Waals surface area contributed by atoms with Crippen LogP contribution in [0.15, 0.2) is 12.1 Å². The molecule has 0 bridgehead atoms. The van der Waals surface area contributed by atoms with E-state index >= 15 is 0 Å². The molecule has 0 aliphatic heterocycles. The number of hydrazine groups is 1. The highest BCUT2D eigenvalue weighted by atomic mass is 32.1. The first kappa shape index (κ1) is 16.8. The van der Waals surface area contributed by atoms with Crippen LogP contribution in [0.25, 0.3) is 0 Å². The lowest BCUT2D eigenvalue weighted by atomic mass is 10.1. The summed E-state index contributed by atoms with van der Waals surface area (Å²) in [5.74, 6) is 0.697. The van der Waals surface area contributed by atoms with Crippen LogP contribution in [0.3, 0.4) is 0 Å². The smallest absolute Gasteiger partial charge is 0.273 e. The molecule has 0 heterocycles. The van der Waals surface area contributed by atoms with E-state index in [9.17, 15) is 4.79 Å². The Balaban J connectivity index is 2.96. The zero-order valence-corrected chi connectivity index (χ0v) is 13.2. The minimum Gasteiger partial charge on any atom is -0.493 e. The molecule has 1 aromatic rings. The fourth-order valence-corrected chi connectivity index (χ4v) is 1.86. The Morgan fingerprint density at radius 2 is 1.76 bits per heavy atom. The standard InChI is InChI=1S/C13H19N3O4S/c1-5-14-13(21)16-15-12(17)8-6-7-9(18-2)11(20-4)10(8)19-3/h6-7H,5H2,1-4H3,(H,15,17)(H2,14,16,21). The van der Waals surface area contributed by atoms with Crippen LogP contribution in [0, 0.1) is 0 Å². The van der Waals surface area contributed by atoms with E-state index in [1.54, 1.807) is 12.1 Å². The van der Waals surface area contributed by atoms with Gasteiger partial charge in [-0.2, -0.15) is 0 Å². The van der Waals surface area contributed by atoms with Gasteiger partial charge in [-0.05, 0) is 31.3 Å². The highest BCUT2D eigenvalue weighted by Crippen LogP contribution is 2.39. The maximum atomic E-state index is 12.2. The molecule has 1 aromatic carbocycles. The van der Waals surface area contributed by atoms with Crippen LogP contribution in [-0.4, -0.2) is 38.9 Å². The number of carbonyl (C=O) groups excluding carboxylic acids is 1. The molecule has 0 aliphatic carbocycles. The Labute approximate surface area is 128 Å². The van der Waals surface area contributed by atoms with Gasteiger partial charge in [0.25, 0.3) is 5.91 Å². The van der Waals surface area contributed by atoms with Gasteiger partial charge in [0.15, 0.2) is 16.6 Å². The van der Waals surface area contributed by atoms with Crippen LogP contribution in [0.4, 0.5) is 0 Å². The molecule has 0 fully saturated rings. The van der Waals surface area contributed by atoms with Crippen molar-refractivity contribution in [2.75, 3.05) is 27.9 Å². The first-order valence-corrected chi connectivity index (χ1v) is 6.62. The van der Waals surface area contributed by atoms with Crippen molar-refractivity contribution in [1.29, 1.82) is 0 Å². The summed E-state index contributed by atoms with van der Waals surface area (Å²) >= 11 is 4.96. The van der Waals surface area contributed by atoms with Gasteiger partial charge in [0, 0.05) is 6.54 Å². The third-order valence-electron chi connectivity index (χ3n) is 2.58. The van der Waals surface area contributed by atoms with E-state index < -0.39 is 5.91 Å². The molecule has 7 nitrogen and oxygen atoms in total. The summed E-state index contributed by atoms with van der Waals surface area (Å²) < 4.78 is 15.6. The minimum absolute atomic E-state index is 0.283. The molecule has 0 atom stereocenters. The number of rotatable bonds is 5. The highest BCUT2D eigenvalue weighted by Gasteiger charge is 2.20. The first-order chi connectivity index (χ1) is 10.1. The molecule has 0 saturated heterocycles. The van der Waals surface area contributed by atoms with Gasteiger partial charge >= 0.3 is 0 Å². The van der Waals surface area contributed by atoms with Crippen LogP contribution < -0.4 is 30.4 Å². The van der Waals surface area contributed by atoms with E-state index in [0.717, 1.165) is 0 Å². The van der Waals surface area contributed by atoms with Crippen molar-refractivity contribution in [3.05, 3.63) is 17.7 Å². The number of hydrogen-bond acceptors (Lipinski definition) is 5. The van der Waals surface area contributed by atoms with Gasteiger partial charge < -0.3 is 19.5 Å². The maximum Gasteiger partial charge on any atom is 0.273 e. The van der Waals surface area contributed by atoms with Crippen molar-refractivity contribution in [1.82, 2.24) is 16.2 Å². The molecule has 116 valence electrons. The fourth-order valence-electron chi connectivity index (χ4n) is 1.67. The van der Waals surface area contributed by atoms with E-state index in [0.29, 0.717) is 28.7 Å². The number of methoxy groups -OCH3 is 3. The second-order valence-electron chi connectivity index (χ2n) is 3.82. The van der Waals surface area contributed by atoms with E-state index in [1.807, 2.05) is 6.92 Å². The summed E-state index contributed by atoms with van der Waals surface area (Å²) in [6, 6.07) is 3.20. The molecule has 1 rings (SSSR count). The van der Waals surface area contributed by atoms with E-state index in [2.05, 4.69) is 16.2 Å². The highest BCUT2D eigenvalue weighted by molar-refractivity contribution is 7.80. The second-order valence-corrected chi connectivity index (χ2v) is 4.23. The van der Waals surface area contributed by atoms with Crippen LogP contribution in [0.5, 0.6) is 17.2 Å². The maximum absolute atomic E-state index is 12.2. The van der Waals surface area contributed by atoms with Crippen molar-refractivity contribution in [2.45, 2.75) is 6.92 Å². The zero-order valence-electron chi connectivity index (χ0n) is 12.4. The molecule has 8 heteroatoms. The average molecular weight is 313 g/mol. The lowest BCUT2D eigenvalue weighted by Gasteiger charge is -2.16. The lowest BCUT2D eigenvalue weighted by molar-refractivity contribution is 0.0940. The predicted molar refractivity (Wildman–Crippen MR) is 83.0 cm³/mol. The van der Waals surface area contributed by atoms with E-state index in [-0.39, 0.29) is 5.75 Å². The lowest BCUT2D eigenvalue weighted by Crippen LogP contribution is -2.46. The Kier molecular flexibility index (Phi) is 6.54. The predicted octanol–water partition coefficient (Wildman–Crippen LogP) is 0.841. The fraction of sp³-hybridized carbons (Fsp3) is 0.385. The molecular weight excluding hydrogens is 294 g/mol. The number of nitrogens with one attached hydrogen (secondary N) is 3. The normalized spacial score (nSPS) is 9.52. The summed E-state index contributed by atoms with van der Waals surface area (Å²) in [5.41, 5.74) is 5.36. The number of amides is 1. The Morgan fingerprint density at radius 3 is 2.29 bits per heavy atom. The molecule has 0 saturated carbocycles. The third-order valence-corrected chi connectivity index (χ3v) is 2.82. The largest absolute Gasteiger partial charge is 0.493 e. The van der Waals surface area contributed by atoms with Crippen molar-refractivity contribution in [3.8, 4) is 17.2 Å². The van der Waals surface area contributed by atoms with Crippen molar-refractivity contribution in [2.24, 2.45) is 0 Å². The number of carbonyl (C=O) groups is 1. The van der Waals surface area contributed by atoms with Gasteiger partial charge in [-0.1, -0.05) is 0 Å². The van der Waals surface area contributed by atoms with Crippen LogP contribution in [0.1, 0.15) is 17.3 Å². The monoisotopic (exact) mass is 313 g/mol. The number of hydrogen-bond donors (Lipinski definition) is 3. The molecule has 3 N–H and O–H groups in total. The van der Waals surface area contributed by atoms with Crippen molar-refractivity contribution in [3.63, 3.8) is 0 Å². The van der Waals surface area contributed by atoms with Crippen LogP contribution >= 0.6 is 12.2 Å². The SMILES string of the molecule is CCNC(=S)NNC(=O)c1ccc(OC)c(OC)c1OC. The molecule has 1 amide bonds. The summed E-state index contributed by atoms with van der Waals surface area (Å²) in [6.45, 7) is 2.55. The average Bonchev–Trinajstić information content (AvgIpc) is 2.51. The van der Waals surface area contributed by atoms with E-state index in [1.165, 1.54) is 21.3 Å². The molecule has 0 aliphatic rings. The Bertz CT molecular complexity index is 522. The molecular formula is C13H19N3O4S. The molecule has 0 radical (unpaired) electrons. The van der Waals surface area contributed by atoms with E-state index in [4.69, 9.17) is 26.4 Å². The quantitative estimate of drug-likeness (QED) is 0.549. The molecule has 0 aromatic heterocycles. The summed E-state index contributed by atoms with van der Waals surface area (Å²) in [5, 5.41) is 3.18. The number of benzene rings is 1. The molecule has 0 spiro atoms. The van der Waals surface area contributed by atoms with Gasteiger partial charge in [-0.3, -0.25) is 15.6 Å². The van der Waals surface area contributed by atoms with Gasteiger partial charge in [-0.25, -0.2) is 0 Å². The summed E-state index contributed by atoms with van der Waals surface area (Å²) in [4.78, 5) is 12.2. The Hall–Kier alpha value is -2.22. The van der Waals surface area contributed by atoms with Crippen LogP contribution in [-0.2, 0) is 0 Å². The van der Waals surface area contributed by atoms with Gasteiger partial charge in [-0.15, -0.1) is 0 Å². The molecule has 0 unspecified atom stereocenters. The van der Waals surface area contributed by atoms with Crippen LogP contribution in [0.2, 0.25) is 0 Å². The first-order valence-electron chi connectivity index (χ1n) is 6.22. The topological polar surface area (TPSA) is 80.9 Å². The van der Waals surface area contributed by atoms with Gasteiger partial charge in [0.2, 0.25) is 5.75 Å². The van der Waals surface area contributed by atoms with Gasteiger partial charge in [0.05, 0.1) is 26.9 Å². The molecule has 21 heavy (non-hydrogen) atoms. The number of thiocarbonyl (C=S) groups is 1. The van der Waals surface area contributed by atoms with Gasteiger partial charge in [0.1, 0.15) is 0 Å². The zero-order chi connectivity index (χ0) is 15.8. The third kappa shape index (κ3) is 4.12.